The zero-order chi connectivity index (χ0) is 19.6. The second-order valence-corrected chi connectivity index (χ2v) is 5.95. The molecule has 0 radical (unpaired) electrons. The molecule has 2 aromatic rings. The number of hydrogen-bond donors (Lipinski definition) is 3. The van der Waals surface area contributed by atoms with Crippen LogP contribution in [0.3, 0.4) is 0 Å². The van der Waals surface area contributed by atoms with Gasteiger partial charge in [-0.25, -0.2) is 0 Å². The summed E-state index contributed by atoms with van der Waals surface area (Å²) in [6, 6.07) is 13.4. The highest BCUT2D eigenvalue weighted by Crippen LogP contribution is 2.22. The highest BCUT2D eigenvalue weighted by molar-refractivity contribution is 7.80. The summed E-state index contributed by atoms with van der Waals surface area (Å²) in [6.45, 7) is 2.07. The molecule has 0 spiro atoms. The molecule has 9 heteroatoms. The van der Waals surface area contributed by atoms with E-state index in [1.807, 2.05) is 6.92 Å². The summed E-state index contributed by atoms with van der Waals surface area (Å²) in [7, 11) is 0. The van der Waals surface area contributed by atoms with Crippen LogP contribution in [0.2, 0.25) is 5.02 Å². The van der Waals surface area contributed by atoms with Gasteiger partial charge in [0.15, 0.2) is 11.7 Å². The lowest BCUT2D eigenvalue weighted by Gasteiger charge is -2.12. The lowest BCUT2D eigenvalue weighted by Crippen LogP contribution is -2.49. The van der Waals surface area contributed by atoms with E-state index in [-0.39, 0.29) is 11.7 Å². The topological polar surface area (TPSA) is 88.7 Å². The molecule has 0 unspecified atom stereocenters. The van der Waals surface area contributed by atoms with Crippen molar-refractivity contribution in [2.75, 3.05) is 13.2 Å². The molecule has 2 rings (SSSR count). The maximum absolute atomic E-state index is 12.2. The highest BCUT2D eigenvalue weighted by Gasteiger charge is 2.10. The number of carbonyl (C=O) groups is 2. The molecule has 0 bridgehead atoms. The predicted octanol–water partition coefficient (Wildman–Crippen LogP) is 2.45. The Bertz CT molecular complexity index is 832. The minimum absolute atomic E-state index is 0.0621. The van der Waals surface area contributed by atoms with Gasteiger partial charge in [0.05, 0.1) is 11.6 Å². The van der Waals surface area contributed by atoms with Crippen LogP contribution in [0, 0.1) is 0 Å². The van der Waals surface area contributed by atoms with Crippen LogP contribution in [-0.4, -0.2) is 30.1 Å². The summed E-state index contributed by atoms with van der Waals surface area (Å²) in [5.41, 5.74) is 5.13. The first-order valence-corrected chi connectivity index (χ1v) is 8.78. The third-order valence-electron chi connectivity index (χ3n) is 3.15. The number of hydrazine groups is 1. The SMILES string of the molecule is CCOc1cccc(C(=O)NC(=S)NNC(=O)COc2ccccc2Cl)c1. The number of ether oxygens (including phenoxy) is 2. The monoisotopic (exact) mass is 407 g/mol. The largest absolute Gasteiger partial charge is 0.494 e. The highest BCUT2D eigenvalue weighted by atomic mass is 35.5. The molecule has 0 saturated heterocycles. The number of halogens is 1. The Hall–Kier alpha value is -2.84. The van der Waals surface area contributed by atoms with E-state index in [1.54, 1.807) is 48.5 Å². The van der Waals surface area contributed by atoms with Gasteiger partial charge >= 0.3 is 0 Å². The van der Waals surface area contributed by atoms with Crippen molar-refractivity contribution in [2.24, 2.45) is 0 Å². The van der Waals surface area contributed by atoms with Crippen molar-refractivity contribution < 1.29 is 19.1 Å². The minimum Gasteiger partial charge on any atom is -0.494 e. The van der Waals surface area contributed by atoms with E-state index in [2.05, 4.69) is 16.2 Å². The number of rotatable bonds is 6. The van der Waals surface area contributed by atoms with Gasteiger partial charge in [-0.1, -0.05) is 29.8 Å². The zero-order valence-corrected chi connectivity index (χ0v) is 16.0. The van der Waals surface area contributed by atoms with Crippen molar-refractivity contribution in [3.05, 3.63) is 59.1 Å². The molecule has 2 aromatic carbocycles. The zero-order valence-electron chi connectivity index (χ0n) is 14.5. The van der Waals surface area contributed by atoms with Crippen molar-refractivity contribution in [1.29, 1.82) is 0 Å². The molecule has 0 aliphatic heterocycles. The van der Waals surface area contributed by atoms with Crippen molar-refractivity contribution >= 4 is 40.7 Å². The van der Waals surface area contributed by atoms with Gasteiger partial charge in [0.25, 0.3) is 11.8 Å². The van der Waals surface area contributed by atoms with Crippen LogP contribution in [0.25, 0.3) is 0 Å². The fourth-order valence-electron chi connectivity index (χ4n) is 1.97. The van der Waals surface area contributed by atoms with Crippen LogP contribution in [0.15, 0.2) is 48.5 Å². The maximum atomic E-state index is 12.2. The molecule has 2 amide bonds. The molecule has 0 aromatic heterocycles. The average Bonchev–Trinajstić information content (AvgIpc) is 2.66. The summed E-state index contributed by atoms with van der Waals surface area (Å²) in [5.74, 6) is 0.0360. The molecule has 0 fully saturated rings. The Kier molecular flexibility index (Phi) is 7.84. The predicted molar refractivity (Wildman–Crippen MR) is 106 cm³/mol. The molecule has 3 N–H and O–H groups in total. The Morgan fingerprint density at radius 3 is 2.59 bits per heavy atom. The van der Waals surface area contributed by atoms with E-state index >= 15 is 0 Å². The molecule has 27 heavy (non-hydrogen) atoms. The third kappa shape index (κ3) is 6.76. The van der Waals surface area contributed by atoms with Gasteiger partial charge < -0.3 is 9.47 Å². The van der Waals surface area contributed by atoms with Gasteiger partial charge in [-0.2, -0.15) is 0 Å². The van der Waals surface area contributed by atoms with Crippen molar-refractivity contribution in [3.8, 4) is 11.5 Å². The Morgan fingerprint density at radius 1 is 1.07 bits per heavy atom. The minimum atomic E-state index is -0.495. The van der Waals surface area contributed by atoms with E-state index < -0.39 is 11.8 Å². The average molecular weight is 408 g/mol. The number of benzene rings is 2. The Balaban J connectivity index is 1.76. The number of thiocarbonyl (C=S) groups is 1. The van der Waals surface area contributed by atoms with Crippen LogP contribution >= 0.6 is 23.8 Å². The molecule has 142 valence electrons. The fraction of sp³-hybridized carbons (Fsp3) is 0.167. The summed E-state index contributed by atoms with van der Waals surface area (Å²) in [4.78, 5) is 23.9. The van der Waals surface area contributed by atoms with Gasteiger partial charge in [-0.15, -0.1) is 0 Å². The first-order valence-electron chi connectivity index (χ1n) is 8.00. The number of carbonyl (C=O) groups excluding carboxylic acids is 2. The van der Waals surface area contributed by atoms with Crippen LogP contribution in [0.1, 0.15) is 17.3 Å². The fourth-order valence-corrected chi connectivity index (χ4v) is 2.30. The van der Waals surface area contributed by atoms with Crippen LogP contribution in [-0.2, 0) is 4.79 Å². The summed E-state index contributed by atoms with van der Waals surface area (Å²) < 4.78 is 10.6. The molecule has 0 heterocycles. The van der Waals surface area contributed by atoms with Gasteiger partial charge in [-0.05, 0) is 49.5 Å². The van der Waals surface area contributed by atoms with Crippen molar-refractivity contribution in [1.82, 2.24) is 16.2 Å². The number of amides is 2. The van der Waals surface area contributed by atoms with Crippen molar-refractivity contribution in [3.63, 3.8) is 0 Å². The maximum Gasteiger partial charge on any atom is 0.276 e. The molecule has 0 atom stereocenters. The van der Waals surface area contributed by atoms with Gasteiger partial charge in [0.2, 0.25) is 0 Å². The molecule has 7 nitrogen and oxygen atoms in total. The van der Waals surface area contributed by atoms with E-state index in [9.17, 15) is 9.59 Å². The van der Waals surface area contributed by atoms with E-state index in [0.29, 0.717) is 28.7 Å². The number of hydrogen-bond acceptors (Lipinski definition) is 5. The summed E-state index contributed by atoms with van der Waals surface area (Å²) in [5, 5.41) is 2.79. The van der Waals surface area contributed by atoms with Crippen molar-refractivity contribution in [2.45, 2.75) is 6.92 Å². The number of nitrogens with one attached hydrogen (secondary N) is 3. The normalized spacial score (nSPS) is 9.85. The summed E-state index contributed by atoms with van der Waals surface area (Å²) >= 11 is 10.9. The second-order valence-electron chi connectivity index (χ2n) is 5.14. The molecular formula is C18H18ClN3O4S. The second kappa shape index (κ2) is 10.3. The van der Waals surface area contributed by atoms with Crippen LogP contribution < -0.4 is 25.6 Å². The van der Waals surface area contributed by atoms with E-state index in [0.717, 1.165) is 0 Å². The molecule has 0 saturated carbocycles. The standard InChI is InChI=1S/C18H18ClN3O4S/c1-2-25-13-7-5-6-12(10-13)17(24)20-18(27)22-21-16(23)11-26-15-9-4-3-8-14(15)19/h3-10H,2,11H2,1H3,(H,21,23)(H2,20,22,24,27). The first kappa shape index (κ1) is 20.5. The molecule has 0 aliphatic carbocycles. The Morgan fingerprint density at radius 2 is 1.85 bits per heavy atom. The van der Waals surface area contributed by atoms with Crippen LogP contribution in [0.4, 0.5) is 0 Å². The summed E-state index contributed by atoms with van der Waals surface area (Å²) in [6.07, 6.45) is 0. The van der Waals surface area contributed by atoms with Gasteiger partial charge in [-0.3, -0.25) is 25.8 Å². The molecular weight excluding hydrogens is 390 g/mol. The quantitative estimate of drug-likeness (QED) is 0.503. The number of para-hydroxylation sites is 1. The van der Waals surface area contributed by atoms with E-state index in [4.69, 9.17) is 33.3 Å². The third-order valence-corrected chi connectivity index (χ3v) is 3.66. The van der Waals surface area contributed by atoms with Gasteiger partial charge in [0, 0.05) is 5.56 Å². The van der Waals surface area contributed by atoms with Crippen LogP contribution in [0.5, 0.6) is 11.5 Å². The van der Waals surface area contributed by atoms with Gasteiger partial charge in [0.1, 0.15) is 11.5 Å². The smallest absolute Gasteiger partial charge is 0.276 e. The lowest BCUT2D eigenvalue weighted by atomic mass is 10.2. The van der Waals surface area contributed by atoms with E-state index in [1.165, 1.54) is 0 Å². The molecule has 0 aliphatic rings. The lowest BCUT2D eigenvalue weighted by molar-refractivity contribution is -0.123. The Labute approximate surface area is 167 Å². The first-order chi connectivity index (χ1) is 13.0.